The van der Waals surface area contributed by atoms with Crippen molar-refractivity contribution >= 4 is 0 Å². The number of likely N-dealkylation sites (tertiary alicyclic amines) is 1. The molecule has 1 aromatic rings. The highest BCUT2D eigenvalue weighted by atomic mass is 15.3. The van der Waals surface area contributed by atoms with Gasteiger partial charge in [0, 0.05) is 25.5 Å². The minimum absolute atomic E-state index is 0.846. The molecule has 0 radical (unpaired) electrons. The minimum Gasteiger partial charge on any atom is -0.316 e. The van der Waals surface area contributed by atoms with Crippen molar-refractivity contribution in [2.75, 3.05) is 32.7 Å². The Kier molecular flexibility index (Phi) is 5.01. The molecule has 4 nitrogen and oxygen atoms in total. The van der Waals surface area contributed by atoms with Crippen LogP contribution in [0.4, 0.5) is 0 Å². The fraction of sp³-hybridized carbons (Fsp3) is 0.769. The normalized spacial score (nSPS) is 21.1. The SMILES string of the molecule is CCCNCC1CCN(CCn2cccn2)C1. The first-order chi connectivity index (χ1) is 8.38. The van der Waals surface area contributed by atoms with Gasteiger partial charge in [-0.3, -0.25) is 4.68 Å². The van der Waals surface area contributed by atoms with E-state index in [2.05, 4.69) is 22.2 Å². The maximum atomic E-state index is 4.23. The average molecular weight is 236 g/mol. The standard InChI is InChI=1S/C13H24N4/c1-2-5-14-11-13-4-8-16(12-13)9-10-17-7-3-6-15-17/h3,6-7,13-14H,2,4-5,8-12H2,1H3. The van der Waals surface area contributed by atoms with E-state index in [9.17, 15) is 0 Å². The average Bonchev–Trinajstić information content (AvgIpc) is 2.98. The second-order valence-corrected chi connectivity index (χ2v) is 4.93. The number of aromatic nitrogens is 2. The van der Waals surface area contributed by atoms with E-state index in [0.717, 1.165) is 25.6 Å². The van der Waals surface area contributed by atoms with Gasteiger partial charge >= 0.3 is 0 Å². The summed E-state index contributed by atoms with van der Waals surface area (Å²) in [6.07, 6.45) is 6.46. The molecular formula is C13H24N4. The zero-order valence-corrected chi connectivity index (χ0v) is 10.8. The highest BCUT2D eigenvalue weighted by molar-refractivity contribution is 4.80. The molecule has 2 rings (SSSR count). The largest absolute Gasteiger partial charge is 0.316 e. The lowest BCUT2D eigenvalue weighted by Crippen LogP contribution is -2.28. The summed E-state index contributed by atoms with van der Waals surface area (Å²) in [4.78, 5) is 2.56. The van der Waals surface area contributed by atoms with E-state index < -0.39 is 0 Å². The number of nitrogens with zero attached hydrogens (tertiary/aromatic N) is 3. The second-order valence-electron chi connectivity index (χ2n) is 4.93. The summed E-state index contributed by atoms with van der Waals surface area (Å²) in [7, 11) is 0. The summed E-state index contributed by atoms with van der Waals surface area (Å²) in [5.41, 5.74) is 0. The maximum Gasteiger partial charge on any atom is 0.0536 e. The summed E-state index contributed by atoms with van der Waals surface area (Å²) in [6, 6.07) is 1.99. The Morgan fingerprint density at radius 1 is 1.41 bits per heavy atom. The third kappa shape index (κ3) is 4.13. The Bertz CT molecular complexity index is 296. The van der Waals surface area contributed by atoms with Crippen LogP contribution in [0.1, 0.15) is 19.8 Å². The quantitative estimate of drug-likeness (QED) is 0.722. The summed E-state index contributed by atoms with van der Waals surface area (Å²) >= 11 is 0. The summed E-state index contributed by atoms with van der Waals surface area (Å²) in [6.45, 7) is 9.21. The molecule has 2 heterocycles. The summed E-state index contributed by atoms with van der Waals surface area (Å²) in [5, 5.41) is 7.76. The minimum atomic E-state index is 0.846. The molecule has 1 aliphatic rings. The number of nitrogens with one attached hydrogen (secondary N) is 1. The van der Waals surface area contributed by atoms with Crippen molar-refractivity contribution < 1.29 is 0 Å². The second kappa shape index (κ2) is 6.77. The lowest BCUT2D eigenvalue weighted by atomic mass is 10.1. The van der Waals surface area contributed by atoms with Crippen LogP contribution in [0.5, 0.6) is 0 Å². The molecular weight excluding hydrogens is 212 g/mol. The fourth-order valence-corrected chi connectivity index (χ4v) is 2.44. The third-order valence-electron chi connectivity index (χ3n) is 3.43. The molecule has 96 valence electrons. The third-order valence-corrected chi connectivity index (χ3v) is 3.43. The van der Waals surface area contributed by atoms with Gasteiger partial charge < -0.3 is 10.2 Å². The molecule has 1 fully saturated rings. The van der Waals surface area contributed by atoms with Crippen molar-refractivity contribution in [3.05, 3.63) is 18.5 Å². The van der Waals surface area contributed by atoms with Crippen LogP contribution < -0.4 is 5.32 Å². The fourth-order valence-electron chi connectivity index (χ4n) is 2.44. The van der Waals surface area contributed by atoms with Crippen LogP contribution in [0.2, 0.25) is 0 Å². The van der Waals surface area contributed by atoms with E-state index in [0.29, 0.717) is 0 Å². The molecule has 0 amide bonds. The van der Waals surface area contributed by atoms with Crippen LogP contribution in [0.15, 0.2) is 18.5 Å². The maximum absolute atomic E-state index is 4.23. The molecule has 0 aromatic carbocycles. The van der Waals surface area contributed by atoms with Gasteiger partial charge in [0.25, 0.3) is 0 Å². The highest BCUT2D eigenvalue weighted by Crippen LogP contribution is 2.14. The Morgan fingerprint density at radius 2 is 2.35 bits per heavy atom. The molecule has 0 spiro atoms. The van der Waals surface area contributed by atoms with Gasteiger partial charge in [0.2, 0.25) is 0 Å². The first-order valence-corrected chi connectivity index (χ1v) is 6.79. The van der Waals surface area contributed by atoms with E-state index in [4.69, 9.17) is 0 Å². The monoisotopic (exact) mass is 236 g/mol. The predicted octanol–water partition coefficient (Wildman–Crippen LogP) is 1.20. The van der Waals surface area contributed by atoms with Crippen LogP contribution in [-0.4, -0.2) is 47.4 Å². The zero-order chi connectivity index (χ0) is 11.9. The molecule has 0 aliphatic carbocycles. The lowest BCUT2D eigenvalue weighted by molar-refractivity contribution is 0.302. The Balaban J connectivity index is 1.61. The molecule has 1 unspecified atom stereocenters. The van der Waals surface area contributed by atoms with Gasteiger partial charge in [-0.25, -0.2) is 0 Å². The first-order valence-electron chi connectivity index (χ1n) is 6.79. The van der Waals surface area contributed by atoms with E-state index in [1.807, 2.05) is 23.1 Å². The van der Waals surface area contributed by atoms with Gasteiger partial charge in [0.05, 0.1) is 6.54 Å². The van der Waals surface area contributed by atoms with Crippen molar-refractivity contribution in [1.82, 2.24) is 20.0 Å². The first kappa shape index (κ1) is 12.6. The number of rotatable bonds is 7. The highest BCUT2D eigenvalue weighted by Gasteiger charge is 2.21. The topological polar surface area (TPSA) is 33.1 Å². The van der Waals surface area contributed by atoms with Crippen molar-refractivity contribution in [2.24, 2.45) is 5.92 Å². The number of hydrogen-bond acceptors (Lipinski definition) is 3. The van der Waals surface area contributed by atoms with Gasteiger partial charge in [-0.05, 0) is 44.5 Å². The molecule has 1 N–H and O–H groups in total. The van der Waals surface area contributed by atoms with Crippen LogP contribution in [0.25, 0.3) is 0 Å². The van der Waals surface area contributed by atoms with Crippen LogP contribution in [0, 0.1) is 5.92 Å². The van der Waals surface area contributed by atoms with E-state index in [1.165, 1.54) is 32.5 Å². The molecule has 1 aliphatic heterocycles. The Hall–Kier alpha value is -0.870. The van der Waals surface area contributed by atoms with Gasteiger partial charge in [-0.2, -0.15) is 5.10 Å². The van der Waals surface area contributed by atoms with E-state index in [-0.39, 0.29) is 0 Å². The van der Waals surface area contributed by atoms with Crippen molar-refractivity contribution in [3.8, 4) is 0 Å². The molecule has 17 heavy (non-hydrogen) atoms. The smallest absolute Gasteiger partial charge is 0.0536 e. The molecule has 1 atom stereocenters. The van der Waals surface area contributed by atoms with Crippen molar-refractivity contribution in [1.29, 1.82) is 0 Å². The number of hydrogen-bond donors (Lipinski definition) is 1. The van der Waals surface area contributed by atoms with Gasteiger partial charge in [0.15, 0.2) is 0 Å². The van der Waals surface area contributed by atoms with Crippen molar-refractivity contribution in [2.45, 2.75) is 26.3 Å². The Morgan fingerprint density at radius 3 is 3.12 bits per heavy atom. The van der Waals surface area contributed by atoms with Crippen LogP contribution in [0.3, 0.4) is 0 Å². The Labute approximate surface area is 104 Å². The molecule has 1 saturated heterocycles. The molecule has 4 heteroatoms. The molecule has 0 bridgehead atoms. The molecule has 1 aromatic heterocycles. The zero-order valence-electron chi connectivity index (χ0n) is 10.8. The summed E-state index contributed by atoms with van der Waals surface area (Å²) < 4.78 is 2.02. The van der Waals surface area contributed by atoms with E-state index in [1.54, 1.807) is 0 Å². The van der Waals surface area contributed by atoms with Gasteiger partial charge in [-0.15, -0.1) is 0 Å². The summed E-state index contributed by atoms with van der Waals surface area (Å²) in [5.74, 6) is 0.846. The van der Waals surface area contributed by atoms with E-state index >= 15 is 0 Å². The molecule has 0 saturated carbocycles. The van der Waals surface area contributed by atoms with Crippen LogP contribution >= 0.6 is 0 Å². The van der Waals surface area contributed by atoms with Crippen molar-refractivity contribution in [3.63, 3.8) is 0 Å². The van der Waals surface area contributed by atoms with Gasteiger partial charge in [-0.1, -0.05) is 6.92 Å². The van der Waals surface area contributed by atoms with Crippen LogP contribution in [-0.2, 0) is 6.54 Å². The lowest BCUT2D eigenvalue weighted by Gasteiger charge is -2.16. The van der Waals surface area contributed by atoms with Gasteiger partial charge in [0.1, 0.15) is 0 Å². The predicted molar refractivity (Wildman–Crippen MR) is 69.9 cm³/mol.